The fourth-order valence-electron chi connectivity index (χ4n) is 5.93. The first-order valence-electron chi connectivity index (χ1n) is 15.8. The van der Waals surface area contributed by atoms with Gasteiger partial charge in [-0.3, -0.25) is 9.69 Å². The van der Waals surface area contributed by atoms with Crippen LogP contribution in [0.5, 0.6) is 5.75 Å². The average Bonchev–Trinajstić information content (AvgIpc) is 3.06. The highest BCUT2D eigenvalue weighted by Gasteiger charge is 2.28. The van der Waals surface area contributed by atoms with Crippen LogP contribution < -0.4 is 36.2 Å². The summed E-state index contributed by atoms with van der Waals surface area (Å²) in [7, 11) is -0.952. The fraction of sp³-hybridized carbons (Fsp3) is 0.424. The van der Waals surface area contributed by atoms with E-state index in [1.165, 1.54) is 6.20 Å². The minimum atomic E-state index is -2.57. The van der Waals surface area contributed by atoms with Gasteiger partial charge in [0.2, 0.25) is 11.9 Å². The summed E-state index contributed by atoms with van der Waals surface area (Å²) in [5.41, 5.74) is 2.81. The largest absolute Gasteiger partial charge is 0.494 e. The van der Waals surface area contributed by atoms with Crippen molar-refractivity contribution >= 4 is 64.5 Å². The maximum absolute atomic E-state index is 12.9. The Kier molecular flexibility index (Phi) is 11.2. The van der Waals surface area contributed by atoms with Crippen molar-refractivity contribution in [2.24, 2.45) is 0 Å². The number of anilines is 6. The Morgan fingerprint density at radius 3 is 2.52 bits per heavy atom. The molecule has 11 nitrogen and oxygen atoms in total. The van der Waals surface area contributed by atoms with Crippen LogP contribution in [-0.2, 0) is 9.36 Å². The predicted octanol–water partition coefficient (Wildman–Crippen LogP) is 5.65. The molecule has 2 fully saturated rings. The molecule has 1 aromatic heterocycles. The normalized spacial score (nSPS) is 16.4. The standard InChI is InChI=1S/C33H44ClN8O3P/c1-5-6-11-31(43)37-26-20-27(29(45-2)21-28(26)42-16-12-23(13-17-42)41-18-14-35-15-19-41)39-33-36-22-24(34)32(40-33)38-25-9-7-8-10-30(25)46(3,4)44/h6-11,20-23,35H,5,12-19H2,1-4H3,(H,37,43)(H2,36,38,39,40)/b11-6+. The van der Waals surface area contributed by atoms with Gasteiger partial charge in [-0.05, 0) is 56.9 Å². The zero-order chi connectivity index (χ0) is 32.7. The third-order valence-corrected chi connectivity index (χ3v) is 10.1. The number of nitrogens with one attached hydrogen (secondary N) is 4. The molecule has 13 heteroatoms. The van der Waals surface area contributed by atoms with Crippen LogP contribution >= 0.6 is 18.7 Å². The monoisotopic (exact) mass is 666 g/mol. The number of halogens is 1. The van der Waals surface area contributed by atoms with Gasteiger partial charge in [0, 0.05) is 56.7 Å². The zero-order valence-electron chi connectivity index (χ0n) is 27.0. The van der Waals surface area contributed by atoms with E-state index in [-0.39, 0.29) is 11.9 Å². The van der Waals surface area contributed by atoms with Gasteiger partial charge in [-0.2, -0.15) is 4.98 Å². The van der Waals surface area contributed by atoms with Gasteiger partial charge in [-0.1, -0.05) is 36.7 Å². The van der Waals surface area contributed by atoms with Crippen molar-refractivity contribution in [1.29, 1.82) is 0 Å². The van der Waals surface area contributed by atoms with E-state index in [2.05, 4.69) is 41.0 Å². The Hall–Kier alpha value is -3.63. The third-order valence-electron chi connectivity index (χ3n) is 8.28. The van der Waals surface area contributed by atoms with E-state index in [1.54, 1.807) is 26.5 Å². The first-order valence-corrected chi connectivity index (χ1v) is 18.7. The van der Waals surface area contributed by atoms with Crippen molar-refractivity contribution in [3.63, 3.8) is 0 Å². The Bertz CT molecular complexity index is 1600. The van der Waals surface area contributed by atoms with E-state index in [0.717, 1.165) is 64.2 Å². The SMILES string of the molecule is CC/C=C/C(=O)Nc1cc(Nc2ncc(Cl)c(Nc3ccccc3P(C)(C)=O)n2)c(OC)cc1N1CCC(N2CCNCC2)CC1. The molecule has 2 saturated heterocycles. The number of amides is 1. The number of allylic oxidation sites excluding steroid dienone is 1. The Morgan fingerprint density at radius 1 is 1.09 bits per heavy atom. The number of benzene rings is 2. The first kappa shape index (κ1) is 33.7. The highest BCUT2D eigenvalue weighted by atomic mass is 35.5. The number of para-hydroxylation sites is 1. The molecule has 0 saturated carbocycles. The highest BCUT2D eigenvalue weighted by molar-refractivity contribution is 7.70. The number of ether oxygens (including phenoxy) is 1. The van der Waals surface area contributed by atoms with Gasteiger partial charge < -0.3 is 35.5 Å². The molecule has 3 heterocycles. The molecule has 0 unspecified atom stereocenters. The molecule has 5 rings (SSSR count). The van der Waals surface area contributed by atoms with Crippen LogP contribution in [0.4, 0.5) is 34.5 Å². The number of hydrogen-bond donors (Lipinski definition) is 4. The van der Waals surface area contributed by atoms with E-state index in [0.29, 0.717) is 45.0 Å². The minimum Gasteiger partial charge on any atom is -0.494 e. The number of piperazine rings is 1. The number of carbonyl (C=O) groups excluding carboxylic acids is 1. The lowest BCUT2D eigenvalue weighted by molar-refractivity contribution is -0.111. The van der Waals surface area contributed by atoms with Gasteiger partial charge >= 0.3 is 0 Å². The number of nitrogens with zero attached hydrogens (tertiary/aromatic N) is 4. The molecule has 2 aliphatic heterocycles. The lowest BCUT2D eigenvalue weighted by Gasteiger charge is -2.41. The number of aromatic nitrogens is 2. The number of piperidine rings is 1. The summed E-state index contributed by atoms with van der Waals surface area (Å²) in [4.78, 5) is 26.8. The molecule has 0 spiro atoms. The molecule has 4 N–H and O–H groups in total. The van der Waals surface area contributed by atoms with E-state index < -0.39 is 7.14 Å². The Labute approximate surface area is 276 Å². The molecule has 0 atom stereocenters. The summed E-state index contributed by atoms with van der Waals surface area (Å²) in [6, 6.07) is 11.8. The number of hydrogen-bond acceptors (Lipinski definition) is 10. The summed E-state index contributed by atoms with van der Waals surface area (Å²) in [6.07, 6.45) is 7.75. The second kappa shape index (κ2) is 15.3. The van der Waals surface area contributed by atoms with Gasteiger partial charge in [0.05, 0.1) is 36.1 Å². The number of methoxy groups -OCH3 is 1. The number of rotatable bonds is 11. The second-order valence-corrected chi connectivity index (χ2v) is 15.5. The Morgan fingerprint density at radius 2 is 1.83 bits per heavy atom. The van der Waals surface area contributed by atoms with Gasteiger partial charge in [0.1, 0.15) is 17.9 Å². The fourth-order valence-corrected chi connectivity index (χ4v) is 7.22. The lowest BCUT2D eigenvalue weighted by atomic mass is 10.0. The van der Waals surface area contributed by atoms with Crippen LogP contribution in [0.3, 0.4) is 0 Å². The van der Waals surface area contributed by atoms with Crippen molar-refractivity contribution in [3.05, 3.63) is 59.8 Å². The van der Waals surface area contributed by atoms with E-state index in [9.17, 15) is 9.36 Å². The van der Waals surface area contributed by atoms with Gasteiger partial charge in [-0.25, -0.2) is 4.98 Å². The third kappa shape index (κ3) is 8.39. The van der Waals surface area contributed by atoms with Crippen LogP contribution in [0.2, 0.25) is 5.02 Å². The molecule has 1 amide bonds. The molecule has 0 aliphatic carbocycles. The van der Waals surface area contributed by atoms with E-state index in [4.69, 9.17) is 16.3 Å². The van der Waals surface area contributed by atoms with Crippen LogP contribution in [0.1, 0.15) is 26.2 Å². The lowest BCUT2D eigenvalue weighted by Crippen LogP contribution is -2.52. The quantitative estimate of drug-likeness (QED) is 0.151. The summed E-state index contributed by atoms with van der Waals surface area (Å²) in [6.45, 7) is 11.4. The smallest absolute Gasteiger partial charge is 0.248 e. The van der Waals surface area contributed by atoms with Crippen LogP contribution in [0.25, 0.3) is 0 Å². The maximum atomic E-state index is 12.9. The minimum absolute atomic E-state index is 0.202. The molecule has 0 bridgehead atoms. The van der Waals surface area contributed by atoms with Gasteiger partial charge in [-0.15, -0.1) is 0 Å². The summed E-state index contributed by atoms with van der Waals surface area (Å²) < 4.78 is 18.7. The highest BCUT2D eigenvalue weighted by Crippen LogP contribution is 2.41. The van der Waals surface area contributed by atoms with Gasteiger partial charge in [0.15, 0.2) is 5.82 Å². The summed E-state index contributed by atoms with van der Waals surface area (Å²) in [5.74, 6) is 1.01. The second-order valence-electron chi connectivity index (χ2n) is 11.9. The average molecular weight is 667 g/mol. The maximum Gasteiger partial charge on any atom is 0.248 e. The molecular formula is C33H44ClN8O3P. The summed E-state index contributed by atoms with van der Waals surface area (Å²) in [5, 5.41) is 14.0. The van der Waals surface area contributed by atoms with E-state index in [1.807, 2.05) is 49.4 Å². The topological polar surface area (TPSA) is 124 Å². The molecular weight excluding hydrogens is 623 g/mol. The number of carbonyl (C=O) groups is 1. The van der Waals surface area contributed by atoms with Crippen LogP contribution in [-0.4, -0.2) is 86.5 Å². The van der Waals surface area contributed by atoms with Crippen molar-refractivity contribution in [2.75, 3.05) is 80.6 Å². The first-order chi connectivity index (χ1) is 22.2. The Balaban J connectivity index is 1.42. The summed E-state index contributed by atoms with van der Waals surface area (Å²) >= 11 is 6.49. The van der Waals surface area contributed by atoms with Crippen LogP contribution in [0.15, 0.2) is 54.7 Å². The predicted molar refractivity (Wildman–Crippen MR) is 190 cm³/mol. The molecule has 3 aromatic rings. The molecule has 46 heavy (non-hydrogen) atoms. The van der Waals surface area contributed by atoms with Crippen molar-refractivity contribution < 1.29 is 14.1 Å². The molecule has 2 aromatic carbocycles. The van der Waals surface area contributed by atoms with Crippen molar-refractivity contribution in [2.45, 2.75) is 32.2 Å². The van der Waals surface area contributed by atoms with Crippen molar-refractivity contribution in [1.82, 2.24) is 20.2 Å². The molecule has 246 valence electrons. The molecule has 0 radical (unpaired) electrons. The van der Waals surface area contributed by atoms with Crippen LogP contribution in [0, 0.1) is 0 Å². The molecule has 2 aliphatic rings. The zero-order valence-corrected chi connectivity index (χ0v) is 28.6. The van der Waals surface area contributed by atoms with Crippen molar-refractivity contribution in [3.8, 4) is 5.75 Å². The van der Waals surface area contributed by atoms with Gasteiger partial charge in [0.25, 0.3) is 0 Å². The van der Waals surface area contributed by atoms with E-state index >= 15 is 0 Å².